The highest BCUT2D eigenvalue weighted by atomic mass is 16.6. The van der Waals surface area contributed by atoms with Gasteiger partial charge in [0.2, 0.25) is 0 Å². The monoisotopic (exact) mass is 206 g/mol. The molecule has 0 bridgehead atoms. The standard InChI is InChI=1S/C13H18O2/c1-3-11-13(15-11)9-8-10-6-4-5-7-12(10)14-2/h4-7,11,13H,3,8-9H2,1-2H3. The van der Waals surface area contributed by atoms with Gasteiger partial charge in [0.25, 0.3) is 0 Å². The Morgan fingerprint density at radius 3 is 2.73 bits per heavy atom. The van der Waals surface area contributed by atoms with Crippen molar-refractivity contribution >= 4 is 0 Å². The molecule has 0 aromatic heterocycles. The molecule has 0 saturated carbocycles. The Kier molecular flexibility index (Phi) is 3.27. The van der Waals surface area contributed by atoms with E-state index in [2.05, 4.69) is 19.1 Å². The van der Waals surface area contributed by atoms with Crippen LogP contribution in [0, 0.1) is 0 Å². The first-order valence-electron chi connectivity index (χ1n) is 5.62. The van der Waals surface area contributed by atoms with Crippen LogP contribution in [-0.2, 0) is 11.2 Å². The SMILES string of the molecule is CCC1OC1CCc1ccccc1OC. The molecule has 1 aromatic rings. The van der Waals surface area contributed by atoms with E-state index in [1.165, 1.54) is 5.56 Å². The third kappa shape index (κ3) is 2.51. The first kappa shape index (κ1) is 10.5. The number of aryl methyl sites for hydroxylation is 1. The summed E-state index contributed by atoms with van der Waals surface area (Å²) in [5.41, 5.74) is 1.28. The minimum atomic E-state index is 0.486. The molecule has 2 atom stereocenters. The van der Waals surface area contributed by atoms with Crippen molar-refractivity contribution in [1.82, 2.24) is 0 Å². The molecule has 1 aliphatic rings. The van der Waals surface area contributed by atoms with Crippen LogP contribution in [0.4, 0.5) is 0 Å². The Morgan fingerprint density at radius 2 is 2.07 bits per heavy atom. The molecule has 0 radical (unpaired) electrons. The maximum absolute atomic E-state index is 5.52. The second-order valence-electron chi connectivity index (χ2n) is 3.97. The number of benzene rings is 1. The predicted molar refractivity (Wildman–Crippen MR) is 60.3 cm³/mol. The van der Waals surface area contributed by atoms with Gasteiger partial charge in [0.15, 0.2) is 0 Å². The van der Waals surface area contributed by atoms with Crippen molar-refractivity contribution in [2.24, 2.45) is 0 Å². The van der Waals surface area contributed by atoms with Crippen molar-refractivity contribution in [3.8, 4) is 5.75 Å². The molecule has 1 saturated heterocycles. The van der Waals surface area contributed by atoms with E-state index in [4.69, 9.17) is 9.47 Å². The smallest absolute Gasteiger partial charge is 0.122 e. The summed E-state index contributed by atoms with van der Waals surface area (Å²) in [7, 11) is 1.72. The van der Waals surface area contributed by atoms with Crippen LogP contribution in [-0.4, -0.2) is 19.3 Å². The Morgan fingerprint density at radius 1 is 1.27 bits per heavy atom. The first-order valence-corrected chi connectivity index (χ1v) is 5.62. The summed E-state index contributed by atoms with van der Waals surface area (Å²) in [6, 6.07) is 8.20. The van der Waals surface area contributed by atoms with E-state index in [1.54, 1.807) is 7.11 Å². The van der Waals surface area contributed by atoms with Gasteiger partial charge in [-0.25, -0.2) is 0 Å². The van der Waals surface area contributed by atoms with Gasteiger partial charge in [0, 0.05) is 0 Å². The minimum Gasteiger partial charge on any atom is -0.496 e. The van der Waals surface area contributed by atoms with Crippen molar-refractivity contribution in [2.75, 3.05) is 7.11 Å². The molecule has 2 unspecified atom stereocenters. The Bertz CT molecular complexity index is 322. The largest absolute Gasteiger partial charge is 0.496 e. The summed E-state index contributed by atoms with van der Waals surface area (Å²) in [5.74, 6) is 0.992. The molecule has 1 aliphatic heterocycles. The maximum atomic E-state index is 5.52. The normalized spacial score (nSPS) is 23.9. The lowest BCUT2D eigenvalue weighted by atomic mass is 10.1. The van der Waals surface area contributed by atoms with E-state index in [1.807, 2.05) is 12.1 Å². The van der Waals surface area contributed by atoms with Crippen molar-refractivity contribution in [1.29, 1.82) is 0 Å². The van der Waals surface area contributed by atoms with Gasteiger partial charge in [0.1, 0.15) is 5.75 Å². The lowest BCUT2D eigenvalue weighted by Gasteiger charge is -2.06. The van der Waals surface area contributed by atoms with E-state index in [9.17, 15) is 0 Å². The highest BCUT2D eigenvalue weighted by molar-refractivity contribution is 5.33. The number of rotatable bonds is 5. The summed E-state index contributed by atoms with van der Waals surface area (Å²) in [4.78, 5) is 0. The van der Waals surface area contributed by atoms with Crippen LogP contribution in [0.15, 0.2) is 24.3 Å². The highest BCUT2D eigenvalue weighted by Crippen LogP contribution is 2.30. The second-order valence-corrected chi connectivity index (χ2v) is 3.97. The number of hydrogen-bond acceptors (Lipinski definition) is 2. The third-order valence-electron chi connectivity index (χ3n) is 2.98. The van der Waals surface area contributed by atoms with Crippen LogP contribution >= 0.6 is 0 Å². The molecule has 2 heteroatoms. The van der Waals surface area contributed by atoms with E-state index in [-0.39, 0.29) is 0 Å². The number of para-hydroxylation sites is 1. The van der Waals surface area contributed by atoms with Crippen LogP contribution in [0.3, 0.4) is 0 Å². The fourth-order valence-electron chi connectivity index (χ4n) is 2.00. The lowest BCUT2D eigenvalue weighted by Crippen LogP contribution is -1.97. The van der Waals surface area contributed by atoms with Crippen molar-refractivity contribution in [3.63, 3.8) is 0 Å². The van der Waals surface area contributed by atoms with Crippen molar-refractivity contribution in [2.45, 2.75) is 38.4 Å². The van der Waals surface area contributed by atoms with Gasteiger partial charge in [-0.2, -0.15) is 0 Å². The molecule has 1 heterocycles. The van der Waals surface area contributed by atoms with Gasteiger partial charge in [-0.1, -0.05) is 25.1 Å². The topological polar surface area (TPSA) is 21.8 Å². The molecular weight excluding hydrogens is 188 g/mol. The first-order chi connectivity index (χ1) is 7.35. The fourth-order valence-corrected chi connectivity index (χ4v) is 2.00. The Hall–Kier alpha value is -1.02. The van der Waals surface area contributed by atoms with Crippen LogP contribution in [0.2, 0.25) is 0 Å². The molecule has 1 fully saturated rings. The Labute approximate surface area is 91.2 Å². The average Bonchev–Trinajstić information content (AvgIpc) is 3.05. The Balaban J connectivity index is 1.88. The lowest BCUT2D eigenvalue weighted by molar-refractivity contribution is 0.358. The molecule has 0 aliphatic carbocycles. The van der Waals surface area contributed by atoms with E-state index < -0.39 is 0 Å². The van der Waals surface area contributed by atoms with Crippen LogP contribution in [0.5, 0.6) is 5.75 Å². The summed E-state index contributed by atoms with van der Waals surface area (Å²) in [6.45, 7) is 2.17. The zero-order chi connectivity index (χ0) is 10.7. The summed E-state index contributed by atoms with van der Waals surface area (Å²) in [5, 5.41) is 0. The van der Waals surface area contributed by atoms with Crippen molar-refractivity contribution in [3.05, 3.63) is 29.8 Å². The maximum Gasteiger partial charge on any atom is 0.122 e. The minimum absolute atomic E-state index is 0.486. The highest BCUT2D eigenvalue weighted by Gasteiger charge is 2.36. The third-order valence-corrected chi connectivity index (χ3v) is 2.98. The van der Waals surface area contributed by atoms with Gasteiger partial charge >= 0.3 is 0 Å². The number of ether oxygens (including phenoxy) is 2. The van der Waals surface area contributed by atoms with Crippen LogP contribution in [0.25, 0.3) is 0 Å². The van der Waals surface area contributed by atoms with E-state index in [0.29, 0.717) is 12.2 Å². The molecular formula is C13H18O2. The van der Waals surface area contributed by atoms with Crippen molar-refractivity contribution < 1.29 is 9.47 Å². The molecule has 0 spiro atoms. The van der Waals surface area contributed by atoms with Gasteiger partial charge in [-0.3, -0.25) is 0 Å². The molecule has 82 valence electrons. The molecule has 2 rings (SSSR count). The zero-order valence-corrected chi connectivity index (χ0v) is 9.40. The van der Waals surface area contributed by atoms with E-state index in [0.717, 1.165) is 25.0 Å². The number of hydrogen-bond donors (Lipinski definition) is 0. The van der Waals surface area contributed by atoms with Gasteiger partial charge < -0.3 is 9.47 Å². The van der Waals surface area contributed by atoms with E-state index >= 15 is 0 Å². The van der Waals surface area contributed by atoms with Crippen LogP contribution < -0.4 is 4.74 Å². The van der Waals surface area contributed by atoms with Gasteiger partial charge in [-0.15, -0.1) is 0 Å². The molecule has 2 nitrogen and oxygen atoms in total. The predicted octanol–water partition coefficient (Wildman–Crippen LogP) is 2.81. The molecule has 1 aromatic carbocycles. The summed E-state index contributed by atoms with van der Waals surface area (Å²) >= 11 is 0. The van der Waals surface area contributed by atoms with Crippen LogP contribution in [0.1, 0.15) is 25.3 Å². The molecule has 0 N–H and O–H groups in total. The average molecular weight is 206 g/mol. The molecule has 0 amide bonds. The number of methoxy groups -OCH3 is 1. The fraction of sp³-hybridized carbons (Fsp3) is 0.538. The second kappa shape index (κ2) is 4.67. The van der Waals surface area contributed by atoms with Gasteiger partial charge in [0.05, 0.1) is 19.3 Å². The molecule has 15 heavy (non-hydrogen) atoms. The quantitative estimate of drug-likeness (QED) is 0.691. The number of epoxide rings is 1. The van der Waals surface area contributed by atoms with Gasteiger partial charge in [-0.05, 0) is 30.9 Å². The summed E-state index contributed by atoms with van der Waals surface area (Å²) in [6.07, 6.45) is 4.29. The zero-order valence-electron chi connectivity index (χ0n) is 9.40. The summed E-state index contributed by atoms with van der Waals surface area (Å²) < 4.78 is 10.8.